The third-order valence-corrected chi connectivity index (χ3v) is 10.7. The van der Waals surface area contributed by atoms with Crippen molar-refractivity contribution >= 4 is 33.4 Å². The minimum Gasteiger partial charge on any atom is -0.494 e. The van der Waals surface area contributed by atoms with Gasteiger partial charge in [-0.15, -0.1) is 0 Å². The SMILES string of the molecule is CC(=NCC1c2ccccc2C(=O)N(CCc2ccccc2)C1c1ccc2c(c1)c1ccccc1n2C)c1c(O)n(C)c(=O)n(-c2cccc(F)c2)c1=O. The van der Waals surface area contributed by atoms with E-state index in [0.29, 0.717) is 18.5 Å². The number of aromatic hydroxyl groups is 1. The normalized spacial score (nSPS) is 16.0. The molecule has 0 saturated heterocycles. The molecule has 2 atom stereocenters. The minimum atomic E-state index is -0.822. The second-order valence-corrected chi connectivity index (χ2v) is 13.8. The Hall–Kier alpha value is -6.55. The van der Waals surface area contributed by atoms with Crippen LogP contribution in [0.15, 0.2) is 136 Å². The van der Waals surface area contributed by atoms with E-state index in [2.05, 4.69) is 47.0 Å². The van der Waals surface area contributed by atoms with Gasteiger partial charge >= 0.3 is 5.69 Å². The summed E-state index contributed by atoms with van der Waals surface area (Å²) < 4.78 is 18.2. The van der Waals surface area contributed by atoms with Crippen LogP contribution in [-0.4, -0.2) is 48.4 Å². The van der Waals surface area contributed by atoms with E-state index in [1.54, 1.807) is 6.92 Å². The zero-order chi connectivity index (χ0) is 37.7. The van der Waals surface area contributed by atoms with Crippen molar-refractivity contribution < 1.29 is 14.3 Å². The molecule has 0 bridgehead atoms. The standard InChI is InChI=1S/C44H38FN5O4/c1-27(39-42(52)48(3)44(54)50(43(39)53)31-15-11-14-30(45)25-31)46-26-36-32-16-7-8-18-34(32)41(51)49(23-22-28-12-5-4-6-13-28)40(36)29-20-21-38-35(24-29)33-17-9-10-19-37(33)47(38)2/h4-21,24-25,36,40,52H,22-23,26H2,1-3H3. The molecule has 2 unspecified atom stereocenters. The van der Waals surface area contributed by atoms with Crippen LogP contribution in [-0.2, 0) is 20.5 Å². The van der Waals surface area contributed by atoms with Crippen molar-refractivity contribution in [2.24, 2.45) is 19.1 Å². The van der Waals surface area contributed by atoms with Gasteiger partial charge in [0.05, 0.1) is 11.7 Å². The zero-order valence-corrected chi connectivity index (χ0v) is 30.1. The maximum Gasteiger partial charge on any atom is 0.338 e. The van der Waals surface area contributed by atoms with Crippen LogP contribution in [0.2, 0.25) is 0 Å². The van der Waals surface area contributed by atoms with Gasteiger partial charge in [-0.25, -0.2) is 13.8 Å². The van der Waals surface area contributed by atoms with Gasteiger partial charge in [0.1, 0.15) is 11.4 Å². The van der Waals surface area contributed by atoms with Crippen LogP contribution in [0.1, 0.15) is 51.5 Å². The molecule has 3 heterocycles. The summed E-state index contributed by atoms with van der Waals surface area (Å²) in [4.78, 5) is 48.5. The van der Waals surface area contributed by atoms with Gasteiger partial charge in [0.25, 0.3) is 11.5 Å². The van der Waals surface area contributed by atoms with Gasteiger partial charge in [0.15, 0.2) is 0 Å². The van der Waals surface area contributed by atoms with Gasteiger partial charge in [-0.2, -0.15) is 0 Å². The van der Waals surface area contributed by atoms with E-state index in [0.717, 1.165) is 53.7 Å². The van der Waals surface area contributed by atoms with Crippen LogP contribution in [0.4, 0.5) is 4.39 Å². The summed E-state index contributed by atoms with van der Waals surface area (Å²) in [7, 11) is 3.39. The molecule has 0 aliphatic carbocycles. The first kappa shape index (κ1) is 34.5. The molecule has 0 saturated carbocycles. The number of hydrogen-bond donors (Lipinski definition) is 1. The van der Waals surface area contributed by atoms with Crippen LogP contribution in [0.3, 0.4) is 0 Å². The van der Waals surface area contributed by atoms with Crippen molar-refractivity contribution in [3.05, 3.63) is 176 Å². The summed E-state index contributed by atoms with van der Waals surface area (Å²) in [5, 5.41) is 13.4. The highest BCUT2D eigenvalue weighted by atomic mass is 19.1. The molecule has 1 aliphatic rings. The number of halogens is 1. The van der Waals surface area contributed by atoms with Crippen molar-refractivity contribution in [1.29, 1.82) is 0 Å². The van der Waals surface area contributed by atoms with E-state index in [1.807, 2.05) is 66.5 Å². The summed E-state index contributed by atoms with van der Waals surface area (Å²) in [6.45, 7) is 2.22. The lowest BCUT2D eigenvalue weighted by Gasteiger charge is -2.42. The Labute approximate surface area is 310 Å². The number of para-hydroxylation sites is 1. The fraction of sp³-hybridized carbons (Fsp3) is 0.182. The molecule has 1 aliphatic heterocycles. The molecule has 8 rings (SSSR count). The van der Waals surface area contributed by atoms with Crippen molar-refractivity contribution in [3.63, 3.8) is 0 Å². The van der Waals surface area contributed by atoms with Crippen molar-refractivity contribution in [3.8, 4) is 11.6 Å². The van der Waals surface area contributed by atoms with E-state index < -0.39 is 29.0 Å². The quantitative estimate of drug-likeness (QED) is 0.170. The molecule has 0 spiro atoms. The maximum atomic E-state index is 14.5. The highest BCUT2D eigenvalue weighted by Crippen LogP contribution is 2.44. The van der Waals surface area contributed by atoms with Crippen molar-refractivity contribution in [2.75, 3.05) is 13.1 Å². The Balaban J connectivity index is 1.28. The largest absolute Gasteiger partial charge is 0.494 e. The minimum absolute atomic E-state index is 0.0346. The van der Waals surface area contributed by atoms with Crippen LogP contribution in [0, 0.1) is 5.82 Å². The molecular weight excluding hydrogens is 682 g/mol. The Morgan fingerprint density at radius 3 is 2.30 bits per heavy atom. The van der Waals surface area contributed by atoms with Crippen LogP contribution < -0.4 is 11.2 Å². The molecule has 1 N–H and O–H groups in total. The van der Waals surface area contributed by atoms with Crippen molar-refractivity contribution in [2.45, 2.75) is 25.3 Å². The Kier molecular flexibility index (Phi) is 8.81. The van der Waals surface area contributed by atoms with E-state index in [-0.39, 0.29) is 35.3 Å². The van der Waals surface area contributed by atoms with E-state index in [1.165, 1.54) is 25.2 Å². The number of benzene rings is 5. The molecule has 0 fully saturated rings. The molecule has 270 valence electrons. The highest BCUT2D eigenvalue weighted by molar-refractivity contribution is 6.08. The van der Waals surface area contributed by atoms with Crippen LogP contribution in [0.5, 0.6) is 5.88 Å². The zero-order valence-electron chi connectivity index (χ0n) is 30.1. The molecule has 5 aromatic carbocycles. The number of aliphatic imine (C=N–C) groups is 1. The second-order valence-electron chi connectivity index (χ2n) is 13.8. The first-order valence-electron chi connectivity index (χ1n) is 17.9. The number of fused-ring (bicyclic) bond motifs is 4. The number of aromatic nitrogens is 3. The number of carbonyl (C=O) groups is 1. The van der Waals surface area contributed by atoms with Gasteiger partial charge in [-0.1, -0.05) is 78.9 Å². The molecule has 2 aromatic heterocycles. The lowest BCUT2D eigenvalue weighted by atomic mass is 9.79. The predicted molar refractivity (Wildman–Crippen MR) is 210 cm³/mol. The monoisotopic (exact) mass is 719 g/mol. The van der Waals surface area contributed by atoms with Gasteiger partial charge in [-0.3, -0.25) is 19.1 Å². The Bertz CT molecular complexity index is 2750. The third kappa shape index (κ3) is 5.80. The van der Waals surface area contributed by atoms with E-state index in [4.69, 9.17) is 4.99 Å². The predicted octanol–water partition coefficient (Wildman–Crippen LogP) is 7.06. The van der Waals surface area contributed by atoms with Crippen LogP contribution >= 0.6 is 0 Å². The van der Waals surface area contributed by atoms with Crippen molar-refractivity contribution in [1.82, 2.24) is 18.6 Å². The van der Waals surface area contributed by atoms with Gasteiger partial charge in [0, 0.05) is 66.2 Å². The van der Waals surface area contributed by atoms with E-state index >= 15 is 0 Å². The number of carbonyl (C=O) groups excluding carboxylic acids is 1. The summed E-state index contributed by atoms with van der Waals surface area (Å²) >= 11 is 0. The molecule has 7 aromatic rings. The highest BCUT2D eigenvalue weighted by Gasteiger charge is 2.40. The number of amides is 1. The molecule has 9 nitrogen and oxygen atoms in total. The summed E-state index contributed by atoms with van der Waals surface area (Å²) in [6.07, 6.45) is 0.641. The Morgan fingerprint density at radius 1 is 0.778 bits per heavy atom. The maximum absolute atomic E-state index is 14.5. The van der Waals surface area contributed by atoms with Crippen LogP contribution in [0.25, 0.3) is 27.5 Å². The van der Waals surface area contributed by atoms with Gasteiger partial charge in [0.2, 0.25) is 5.88 Å². The summed E-state index contributed by atoms with van der Waals surface area (Å²) in [6, 6.07) is 37.0. The first-order valence-corrected chi connectivity index (χ1v) is 17.9. The molecule has 10 heteroatoms. The average Bonchev–Trinajstić information content (AvgIpc) is 3.47. The molecular formula is C44H38FN5O4. The summed E-state index contributed by atoms with van der Waals surface area (Å²) in [5.41, 5.74) is 4.08. The molecule has 0 radical (unpaired) electrons. The third-order valence-electron chi connectivity index (χ3n) is 10.7. The second kappa shape index (κ2) is 13.8. The summed E-state index contributed by atoms with van der Waals surface area (Å²) in [5.74, 6) is -1.58. The topological polar surface area (TPSA) is 102 Å². The van der Waals surface area contributed by atoms with Gasteiger partial charge in [-0.05, 0) is 72.5 Å². The average molecular weight is 720 g/mol. The number of nitrogens with zero attached hydrogens (tertiary/aromatic N) is 5. The molecule has 54 heavy (non-hydrogen) atoms. The Morgan fingerprint density at radius 2 is 1.50 bits per heavy atom. The smallest absolute Gasteiger partial charge is 0.338 e. The van der Waals surface area contributed by atoms with Gasteiger partial charge < -0.3 is 14.6 Å². The lowest BCUT2D eigenvalue weighted by molar-refractivity contribution is 0.0614. The molecule has 1 amide bonds. The number of aryl methyl sites for hydroxylation is 1. The number of rotatable bonds is 8. The first-order chi connectivity index (χ1) is 26.1. The fourth-order valence-corrected chi connectivity index (χ4v) is 7.97. The lowest BCUT2D eigenvalue weighted by Crippen LogP contribution is -2.44. The van der Waals surface area contributed by atoms with E-state index in [9.17, 15) is 23.9 Å². The fourth-order valence-electron chi connectivity index (χ4n) is 7.97. The number of hydrogen-bond acceptors (Lipinski definition) is 5.